The Kier molecular flexibility index (Phi) is 9.86. The van der Waals surface area contributed by atoms with Crippen molar-refractivity contribution < 1.29 is 9.53 Å². The highest BCUT2D eigenvalue weighted by Gasteiger charge is 2.10. The van der Waals surface area contributed by atoms with Gasteiger partial charge in [0.2, 0.25) is 5.16 Å². The minimum absolute atomic E-state index is 0.0727. The molecule has 0 N–H and O–H groups in total. The molecule has 0 atom stereocenters. The molecule has 0 aliphatic carbocycles. The molecule has 21 heavy (non-hydrogen) atoms. The number of carbonyl (C=O) groups is 1. The van der Waals surface area contributed by atoms with Crippen molar-refractivity contribution in [3.8, 4) is 0 Å². The first-order valence-electron chi connectivity index (χ1n) is 7.73. The summed E-state index contributed by atoms with van der Waals surface area (Å²) in [6, 6.07) is 0. The van der Waals surface area contributed by atoms with Crippen molar-refractivity contribution in [3.63, 3.8) is 0 Å². The number of aromatic nitrogens is 4. The molecule has 1 aromatic heterocycles. The lowest BCUT2D eigenvalue weighted by atomic mass is 10.1. The predicted molar refractivity (Wildman–Crippen MR) is 83.2 cm³/mol. The van der Waals surface area contributed by atoms with Crippen molar-refractivity contribution in [2.45, 2.75) is 70.0 Å². The summed E-state index contributed by atoms with van der Waals surface area (Å²) in [5.41, 5.74) is 0. The number of carbonyl (C=O) groups excluding carboxylic acids is 1. The zero-order chi connectivity index (χ0) is 15.3. The minimum Gasteiger partial charge on any atom is -0.468 e. The number of rotatable bonds is 12. The molecule has 1 rings (SSSR count). The summed E-state index contributed by atoms with van der Waals surface area (Å²) >= 11 is 1.60. The summed E-state index contributed by atoms with van der Waals surface area (Å²) in [5.74, 6) is 0.646. The Morgan fingerprint density at radius 3 is 2.48 bits per heavy atom. The molecule has 0 saturated heterocycles. The van der Waals surface area contributed by atoms with Crippen molar-refractivity contribution in [1.82, 2.24) is 20.2 Å². The van der Waals surface area contributed by atoms with Gasteiger partial charge in [-0.3, -0.25) is 4.79 Å². The second-order valence-electron chi connectivity index (χ2n) is 5.02. The maximum atomic E-state index is 11.2. The fourth-order valence-corrected chi connectivity index (χ4v) is 2.86. The average molecular weight is 314 g/mol. The number of thioether (sulfide) groups is 1. The highest BCUT2D eigenvalue weighted by Crippen LogP contribution is 2.17. The van der Waals surface area contributed by atoms with Gasteiger partial charge >= 0.3 is 5.97 Å². The number of hydrogen-bond acceptors (Lipinski definition) is 6. The van der Waals surface area contributed by atoms with Gasteiger partial charge in [-0.2, -0.15) is 0 Å². The van der Waals surface area contributed by atoms with E-state index >= 15 is 0 Å². The SMILES string of the molecule is CCCCCCCCCCSc1nnnn1CC(=O)OC. The molecule has 0 fully saturated rings. The van der Waals surface area contributed by atoms with Crippen molar-refractivity contribution in [3.05, 3.63) is 0 Å². The molecule has 7 heteroatoms. The molecule has 0 unspecified atom stereocenters. The molecule has 0 aliphatic heterocycles. The summed E-state index contributed by atoms with van der Waals surface area (Å²) in [6.07, 6.45) is 10.4. The molecule has 0 aromatic carbocycles. The van der Waals surface area contributed by atoms with E-state index in [1.807, 2.05) is 0 Å². The highest BCUT2D eigenvalue weighted by atomic mass is 32.2. The van der Waals surface area contributed by atoms with Crippen molar-refractivity contribution in [2.75, 3.05) is 12.9 Å². The van der Waals surface area contributed by atoms with E-state index in [2.05, 4.69) is 27.2 Å². The fraction of sp³-hybridized carbons (Fsp3) is 0.857. The van der Waals surface area contributed by atoms with Crippen LogP contribution in [0.25, 0.3) is 0 Å². The summed E-state index contributed by atoms with van der Waals surface area (Å²) < 4.78 is 6.10. The lowest BCUT2D eigenvalue weighted by Crippen LogP contribution is -2.13. The molecule has 0 aliphatic rings. The van der Waals surface area contributed by atoms with E-state index < -0.39 is 0 Å². The number of nitrogens with zero attached hydrogens (tertiary/aromatic N) is 4. The van der Waals surface area contributed by atoms with E-state index in [0.717, 1.165) is 12.2 Å². The number of tetrazole rings is 1. The van der Waals surface area contributed by atoms with Gasteiger partial charge in [0, 0.05) is 5.75 Å². The third kappa shape index (κ3) is 8.04. The number of ether oxygens (including phenoxy) is 1. The monoisotopic (exact) mass is 314 g/mol. The Hall–Kier alpha value is -1.11. The van der Waals surface area contributed by atoms with Gasteiger partial charge in [0.15, 0.2) is 0 Å². The Balaban J connectivity index is 2.08. The number of hydrogen-bond donors (Lipinski definition) is 0. The summed E-state index contributed by atoms with van der Waals surface area (Å²) in [4.78, 5) is 11.2. The van der Waals surface area contributed by atoms with Crippen LogP contribution in [0.1, 0.15) is 58.3 Å². The quantitative estimate of drug-likeness (QED) is 0.335. The van der Waals surface area contributed by atoms with E-state index in [1.165, 1.54) is 56.7 Å². The molecule has 0 radical (unpaired) electrons. The van der Waals surface area contributed by atoms with Gasteiger partial charge in [-0.25, -0.2) is 4.68 Å². The van der Waals surface area contributed by atoms with Gasteiger partial charge in [-0.05, 0) is 16.8 Å². The van der Waals surface area contributed by atoms with Gasteiger partial charge in [0.05, 0.1) is 7.11 Å². The zero-order valence-corrected chi connectivity index (χ0v) is 13.9. The van der Waals surface area contributed by atoms with Crippen LogP contribution < -0.4 is 0 Å². The van der Waals surface area contributed by atoms with Crippen molar-refractivity contribution >= 4 is 17.7 Å². The Bertz CT molecular complexity index is 398. The van der Waals surface area contributed by atoms with Gasteiger partial charge < -0.3 is 4.74 Å². The van der Waals surface area contributed by atoms with Crippen LogP contribution in [0.3, 0.4) is 0 Å². The molecule has 0 spiro atoms. The van der Waals surface area contributed by atoms with Crippen LogP contribution in [0.15, 0.2) is 5.16 Å². The Labute approximate surface area is 131 Å². The molecule has 6 nitrogen and oxygen atoms in total. The van der Waals surface area contributed by atoms with Gasteiger partial charge in [-0.1, -0.05) is 63.6 Å². The zero-order valence-electron chi connectivity index (χ0n) is 13.1. The number of methoxy groups -OCH3 is 1. The Morgan fingerprint density at radius 2 is 1.81 bits per heavy atom. The molecule has 0 amide bonds. The third-order valence-corrected chi connectivity index (χ3v) is 4.28. The largest absolute Gasteiger partial charge is 0.468 e. The van der Waals surface area contributed by atoms with Crippen LogP contribution in [0.2, 0.25) is 0 Å². The lowest BCUT2D eigenvalue weighted by molar-refractivity contribution is -0.141. The van der Waals surface area contributed by atoms with E-state index in [4.69, 9.17) is 0 Å². The van der Waals surface area contributed by atoms with Crippen LogP contribution in [-0.2, 0) is 16.1 Å². The lowest BCUT2D eigenvalue weighted by Gasteiger charge is -2.03. The molecule has 0 bridgehead atoms. The van der Waals surface area contributed by atoms with Crippen LogP contribution in [0.4, 0.5) is 0 Å². The molecular weight excluding hydrogens is 288 g/mol. The highest BCUT2D eigenvalue weighted by molar-refractivity contribution is 7.99. The number of unbranched alkanes of at least 4 members (excludes halogenated alkanes) is 7. The summed E-state index contributed by atoms with van der Waals surface area (Å²) in [5, 5.41) is 12.0. The maximum Gasteiger partial charge on any atom is 0.327 e. The van der Waals surface area contributed by atoms with Crippen LogP contribution in [0, 0.1) is 0 Å². The van der Waals surface area contributed by atoms with E-state index in [9.17, 15) is 4.79 Å². The van der Waals surface area contributed by atoms with Crippen LogP contribution in [-0.4, -0.2) is 39.0 Å². The van der Waals surface area contributed by atoms with Crippen LogP contribution >= 0.6 is 11.8 Å². The van der Waals surface area contributed by atoms with Gasteiger partial charge in [-0.15, -0.1) is 5.10 Å². The average Bonchev–Trinajstić information content (AvgIpc) is 2.92. The molecule has 1 aromatic rings. The van der Waals surface area contributed by atoms with Crippen molar-refractivity contribution in [1.29, 1.82) is 0 Å². The minimum atomic E-state index is -0.337. The first-order chi connectivity index (χ1) is 10.3. The van der Waals surface area contributed by atoms with E-state index in [-0.39, 0.29) is 12.5 Å². The third-order valence-electron chi connectivity index (χ3n) is 3.23. The molecule has 120 valence electrons. The topological polar surface area (TPSA) is 69.9 Å². The standard InChI is InChI=1S/C14H26N4O2S/c1-3-4-5-6-7-8-9-10-11-21-14-15-16-17-18(14)12-13(19)20-2/h3-12H2,1-2H3. The second kappa shape index (κ2) is 11.5. The predicted octanol–water partition coefficient (Wildman–Crippen LogP) is 3.08. The second-order valence-corrected chi connectivity index (χ2v) is 6.08. The maximum absolute atomic E-state index is 11.2. The smallest absolute Gasteiger partial charge is 0.327 e. The number of esters is 1. The normalized spacial score (nSPS) is 10.8. The summed E-state index contributed by atoms with van der Waals surface area (Å²) in [7, 11) is 1.36. The molecule has 1 heterocycles. The first kappa shape index (κ1) is 17.9. The van der Waals surface area contributed by atoms with Crippen molar-refractivity contribution in [2.24, 2.45) is 0 Å². The first-order valence-corrected chi connectivity index (χ1v) is 8.72. The van der Waals surface area contributed by atoms with Gasteiger partial charge in [0.1, 0.15) is 6.54 Å². The van der Waals surface area contributed by atoms with Crippen LogP contribution in [0.5, 0.6) is 0 Å². The van der Waals surface area contributed by atoms with E-state index in [1.54, 1.807) is 11.8 Å². The summed E-state index contributed by atoms with van der Waals surface area (Å²) in [6.45, 7) is 2.31. The Morgan fingerprint density at radius 1 is 1.14 bits per heavy atom. The van der Waals surface area contributed by atoms with E-state index in [0.29, 0.717) is 5.16 Å². The fourth-order valence-electron chi connectivity index (χ4n) is 1.99. The van der Waals surface area contributed by atoms with Gasteiger partial charge in [0.25, 0.3) is 0 Å². The molecule has 0 saturated carbocycles. The molecular formula is C14H26N4O2S.